The summed E-state index contributed by atoms with van der Waals surface area (Å²) >= 11 is 0. The number of ether oxygens (including phenoxy) is 2. The summed E-state index contributed by atoms with van der Waals surface area (Å²) in [6.07, 6.45) is -1.52. The molecule has 3 amide bonds. The Bertz CT molecular complexity index is 1400. The third-order valence-corrected chi connectivity index (χ3v) is 7.19. The van der Waals surface area contributed by atoms with Crippen molar-refractivity contribution in [1.29, 1.82) is 0 Å². The van der Waals surface area contributed by atoms with Crippen LogP contribution in [0.15, 0.2) is 34.9 Å². The lowest BCUT2D eigenvalue weighted by atomic mass is 10.1. The number of carbonyl (C=O) groups excluding carboxylic acids is 2. The predicted octanol–water partition coefficient (Wildman–Crippen LogP) is 4.29. The second-order valence-electron chi connectivity index (χ2n) is 10.7. The molecule has 1 aliphatic carbocycles. The van der Waals surface area contributed by atoms with Crippen molar-refractivity contribution in [3.63, 3.8) is 0 Å². The summed E-state index contributed by atoms with van der Waals surface area (Å²) in [6.45, 7) is 5.11. The molecule has 4 unspecified atom stereocenters. The molecule has 0 spiro atoms. The molecule has 3 heterocycles. The van der Waals surface area contributed by atoms with E-state index in [0.29, 0.717) is 22.4 Å². The SMILES string of the molecule is COCC(c1ccc2oc(C(NC(=O)c3ccnn3C(C)C)C(C)OC3CC3)nc2c1)N1CC(C(F)(F)F)NC1=O. The molecule has 14 heteroatoms. The van der Waals surface area contributed by atoms with Crippen LogP contribution in [0.1, 0.15) is 73.7 Å². The van der Waals surface area contributed by atoms with Gasteiger partial charge in [-0.15, -0.1) is 0 Å². The first-order valence-electron chi connectivity index (χ1n) is 13.5. The van der Waals surface area contributed by atoms with E-state index in [1.165, 1.54) is 7.11 Å². The first kappa shape index (κ1) is 28.9. The fourth-order valence-electron chi connectivity index (χ4n) is 4.92. The normalized spacial score (nSPS) is 20.0. The van der Waals surface area contributed by atoms with Gasteiger partial charge >= 0.3 is 12.2 Å². The van der Waals surface area contributed by atoms with Crippen LogP contribution in [0, 0.1) is 0 Å². The third kappa shape index (κ3) is 6.17. The average Bonchev–Trinajstić information content (AvgIpc) is 3.29. The number of aromatic nitrogens is 3. The molecule has 222 valence electrons. The maximum Gasteiger partial charge on any atom is 0.410 e. The van der Waals surface area contributed by atoms with Crippen LogP contribution in [0.25, 0.3) is 11.1 Å². The van der Waals surface area contributed by atoms with Crippen molar-refractivity contribution in [3.05, 3.63) is 47.6 Å². The molecular formula is C27H33F3N6O5. The average molecular weight is 579 g/mol. The highest BCUT2D eigenvalue weighted by Crippen LogP contribution is 2.34. The van der Waals surface area contributed by atoms with E-state index < -0.39 is 43.0 Å². The zero-order valence-electron chi connectivity index (χ0n) is 23.1. The number of nitrogens with one attached hydrogen (secondary N) is 2. The summed E-state index contributed by atoms with van der Waals surface area (Å²) < 4.78 is 58.9. The van der Waals surface area contributed by atoms with Gasteiger partial charge in [-0.3, -0.25) is 9.48 Å². The van der Waals surface area contributed by atoms with Gasteiger partial charge in [0.05, 0.1) is 31.4 Å². The second kappa shape index (κ2) is 11.3. The topological polar surface area (TPSA) is 124 Å². The Hall–Kier alpha value is -3.65. The number of amides is 3. The van der Waals surface area contributed by atoms with Crippen molar-refractivity contribution in [2.24, 2.45) is 0 Å². The number of carbonyl (C=O) groups is 2. The van der Waals surface area contributed by atoms with Crippen LogP contribution in [-0.4, -0.2) is 76.3 Å². The Morgan fingerprint density at radius 1 is 1.24 bits per heavy atom. The van der Waals surface area contributed by atoms with Crippen LogP contribution >= 0.6 is 0 Å². The molecule has 4 atom stereocenters. The minimum atomic E-state index is -4.57. The lowest BCUT2D eigenvalue weighted by Gasteiger charge is -2.27. The van der Waals surface area contributed by atoms with Gasteiger partial charge in [0, 0.05) is 19.3 Å². The highest BCUT2D eigenvalue weighted by Gasteiger charge is 2.48. The quantitative estimate of drug-likeness (QED) is 0.348. The molecule has 2 N–H and O–H groups in total. The summed E-state index contributed by atoms with van der Waals surface area (Å²) in [5, 5.41) is 9.21. The molecule has 3 aromatic rings. The van der Waals surface area contributed by atoms with E-state index >= 15 is 0 Å². The largest absolute Gasteiger partial charge is 0.438 e. The lowest BCUT2D eigenvalue weighted by Crippen LogP contribution is -2.40. The summed E-state index contributed by atoms with van der Waals surface area (Å²) in [5.74, 6) is -0.150. The number of hydrogen-bond acceptors (Lipinski definition) is 7. The molecule has 1 saturated carbocycles. The number of nitrogens with zero attached hydrogens (tertiary/aromatic N) is 4. The molecule has 5 rings (SSSR count). The highest BCUT2D eigenvalue weighted by atomic mass is 19.4. The van der Waals surface area contributed by atoms with Crippen LogP contribution in [0.2, 0.25) is 0 Å². The minimum Gasteiger partial charge on any atom is -0.438 e. The number of methoxy groups -OCH3 is 1. The molecule has 2 fully saturated rings. The molecule has 0 bridgehead atoms. The van der Waals surface area contributed by atoms with Gasteiger partial charge in [-0.2, -0.15) is 18.3 Å². The van der Waals surface area contributed by atoms with Crippen LogP contribution in [0.3, 0.4) is 0 Å². The molecule has 41 heavy (non-hydrogen) atoms. The van der Waals surface area contributed by atoms with Crippen molar-refractivity contribution >= 4 is 23.0 Å². The van der Waals surface area contributed by atoms with Gasteiger partial charge < -0.3 is 29.4 Å². The number of halogens is 3. The molecule has 1 aliphatic heterocycles. The Labute approximate surface area is 234 Å². The van der Waals surface area contributed by atoms with Crippen molar-refractivity contribution in [2.45, 2.75) is 76.2 Å². The fraction of sp³-hybridized carbons (Fsp3) is 0.556. The van der Waals surface area contributed by atoms with Crippen LogP contribution in [0.4, 0.5) is 18.0 Å². The second-order valence-corrected chi connectivity index (χ2v) is 10.7. The van der Waals surface area contributed by atoms with E-state index in [2.05, 4.69) is 15.4 Å². The summed E-state index contributed by atoms with van der Waals surface area (Å²) in [6, 6.07) is 2.22. The van der Waals surface area contributed by atoms with E-state index in [4.69, 9.17) is 13.9 Å². The minimum absolute atomic E-state index is 0.0251. The van der Waals surface area contributed by atoms with Crippen LogP contribution in [-0.2, 0) is 9.47 Å². The number of benzene rings is 1. The van der Waals surface area contributed by atoms with Crippen molar-refractivity contribution in [2.75, 3.05) is 20.3 Å². The highest BCUT2D eigenvalue weighted by molar-refractivity contribution is 5.92. The molecule has 1 aromatic carbocycles. The van der Waals surface area contributed by atoms with Gasteiger partial charge in [0.1, 0.15) is 23.3 Å². The van der Waals surface area contributed by atoms with Gasteiger partial charge in [-0.05, 0) is 57.4 Å². The number of hydrogen-bond donors (Lipinski definition) is 2. The molecular weight excluding hydrogens is 545 g/mol. The van der Waals surface area contributed by atoms with Gasteiger partial charge in [0.2, 0.25) is 5.89 Å². The van der Waals surface area contributed by atoms with E-state index in [1.807, 2.05) is 26.1 Å². The zero-order valence-corrected chi connectivity index (χ0v) is 23.1. The van der Waals surface area contributed by atoms with Crippen molar-refractivity contribution < 1.29 is 36.7 Å². The Kier molecular flexibility index (Phi) is 7.97. The Morgan fingerprint density at radius 2 is 2.00 bits per heavy atom. The van der Waals surface area contributed by atoms with E-state index in [-0.39, 0.29) is 30.6 Å². The number of rotatable bonds is 11. The lowest BCUT2D eigenvalue weighted by molar-refractivity contribution is -0.150. The van der Waals surface area contributed by atoms with E-state index in [0.717, 1.165) is 17.7 Å². The number of fused-ring (bicyclic) bond motifs is 1. The maximum atomic E-state index is 13.3. The summed E-state index contributed by atoms with van der Waals surface area (Å²) in [5.41, 5.74) is 1.73. The van der Waals surface area contributed by atoms with Crippen LogP contribution < -0.4 is 10.6 Å². The van der Waals surface area contributed by atoms with E-state index in [9.17, 15) is 22.8 Å². The van der Waals surface area contributed by atoms with E-state index in [1.54, 1.807) is 35.1 Å². The fourth-order valence-corrected chi connectivity index (χ4v) is 4.92. The molecule has 2 aliphatic rings. The molecule has 0 radical (unpaired) electrons. The summed E-state index contributed by atoms with van der Waals surface area (Å²) in [4.78, 5) is 31.5. The number of alkyl halides is 3. The van der Waals surface area contributed by atoms with Crippen molar-refractivity contribution in [1.82, 2.24) is 30.3 Å². The van der Waals surface area contributed by atoms with Crippen molar-refractivity contribution in [3.8, 4) is 0 Å². The Balaban J connectivity index is 1.43. The smallest absolute Gasteiger partial charge is 0.410 e. The third-order valence-electron chi connectivity index (χ3n) is 7.19. The Morgan fingerprint density at radius 3 is 2.63 bits per heavy atom. The number of oxazole rings is 1. The van der Waals surface area contributed by atoms with Gasteiger partial charge in [0.15, 0.2) is 5.58 Å². The standard InChI is InChI=1S/C27H33F3N6O5/c1-14(2)36-19(9-10-31-36)24(37)34-23(15(3)40-17-6-7-17)25-32-18-11-16(5-8-21(18)41-25)20(13-39-4)35-12-22(27(28,29)30)33-26(35)38/h5,8-11,14-15,17,20,22-23H,6-7,12-13H2,1-4H3,(H,33,38)(H,34,37). The zero-order chi connectivity index (χ0) is 29.5. The first-order valence-corrected chi connectivity index (χ1v) is 13.5. The summed E-state index contributed by atoms with van der Waals surface area (Å²) in [7, 11) is 1.41. The number of urea groups is 1. The molecule has 11 nitrogen and oxygen atoms in total. The van der Waals surface area contributed by atoms with Crippen LogP contribution in [0.5, 0.6) is 0 Å². The molecule has 1 saturated heterocycles. The molecule has 2 aromatic heterocycles. The van der Waals surface area contributed by atoms with Gasteiger partial charge in [-0.1, -0.05) is 6.07 Å². The first-order chi connectivity index (χ1) is 19.5. The van der Waals surface area contributed by atoms with Gasteiger partial charge in [0.25, 0.3) is 5.91 Å². The maximum absolute atomic E-state index is 13.3. The monoisotopic (exact) mass is 578 g/mol. The predicted molar refractivity (Wildman–Crippen MR) is 140 cm³/mol. The van der Waals surface area contributed by atoms with Gasteiger partial charge in [-0.25, -0.2) is 9.78 Å².